The summed E-state index contributed by atoms with van der Waals surface area (Å²) >= 11 is 0. The van der Waals surface area contributed by atoms with Gasteiger partial charge in [0.25, 0.3) is 0 Å². The highest BCUT2D eigenvalue weighted by Gasteiger charge is 2.16. The van der Waals surface area contributed by atoms with Crippen LogP contribution >= 0.6 is 24.0 Å². The SMILES string of the molecule is COCCNC(=NCCCN1CCCCC1C)NCCc1ccco1.I. The molecule has 1 aliphatic heterocycles. The maximum absolute atomic E-state index is 5.36. The fourth-order valence-electron chi connectivity index (χ4n) is 3.16. The van der Waals surface area contributed by atoms with Gasteiger partial charge < -0.3 is 24.7 Å². The van der Waals surface area contributed by atoms with Crippen molar-refractivity contribution in [3.05, 3.63) is 24.2 Å². The average Bonchev–Trinajstić information content (AvgIpc) is 3.13. The summed E-state index contributed by atoms with van der Waals surface area (Å²) in [5, 5.41) is 6.69. The summed E-state index contributed by atoms with van der Waals surface area (Å²) in [6.45, 7) is 7.79. The highest BCUT2D eigenvalue weighted by Crippen LogP contribution is 2.16. The van der Waals surface area contributed by atoms with Gasteiger partial charge in [-0.3, -0.25) is 4.99 Å². The molecule has 1 aromatic rings. The molecule has 1 atom stereocenters. The van der Waals surface area contributed by atoms with Crippen molar-refractivity contribution < 1.29 is 9.15 Å². The molecule has 1 saturated heterocycles. The molecule has 2 heterocycles. The van der Waals surface area contributed by atoms with Crippen molar-refractivity contribution >= 4 is 29.9 Å². The fourth-order valence-corrected chi connectivity index (χ4v) is 3.16. The number of methoxy groups -OCH3 is 1. The summed E-state index contributed by atoms with van der Waals surface area (Å²) in [4.78, 5) is 7.30. The Bertz CT molecular complexity index is 482. The second kappa shape index (κ2) is 14.3. The molecular formula is C19H35IN4O2. The van der Waals surface area contributed by atoms with Crippen molar-refractivity contribution in [3.63, 3.8) is 0 Å². The van der Waals surface area contributed by atoms with Crippen LogP contribution in [0.2, 0.25) is 0 Å². The molecule has 0 saturated carbocycles. The van der Waals surface area contributed by atoms with Crippen molar-refractivity contribution in [1.29, 1.82) is 0 Å². The average molecular weight is 478 g/mol. The molecular weight excluding hydrogens is 443 g/mol. The van der Waals surface area contributed by atoms with Crippen LogP contribution in [0.25, 0.3) is 0 Å². The van der Waals surface area contributed by atoms with E-state index < -0.39 is 0 Å². The number of likely N-dealkylation sites (tertiary alicyclic amines) is 1. The largest absolute Gasteiger partial charge is 0.469 e. The quantitative estimate of drug-likeness (QED) is 0.235. The lowest BCUT2D eigenvalue weighted by Crippen LogP contribution is -2.40. The van der Waals surface area contributed by atoms with Gasteiger partial charge in [-0.25, -0.2) is 0 Å². The number of guanidine groups is 1. The van der Waals surface area contributed by atoms with Crippen molar-refractivity contribution in [2.45, 2.75) is 45.1 Å². The normalized spacial score (nSPS) is 18.4. The Kier molecular flexibility index (Phi) is 12.8. The predicted molar refractivity (Wildman–Crippen MR) is 118 cm³/mol. The molecule has 0 radical (unpaired) electrons. The highest BCUT2D eigenvalue weighted by atomic mass is 127. The Labute approximate surface area is 175 Å². The maximum atomic E-state index is 5.36. The molecule has 0 spiro atoms. The van der Waals surface area contributed by atoms with Crippen LogP contribution in [0.3, 0.4) is 0 Å². The summed E-state index contributed by atoms with van der Waals surface area (Å²) in [6.07, 6.45) is 7.71. The van der Waals surface area contributed by atoms with Crippen molar-refractivity contribution in [1.82, 2.24) is 15.5 Å². The van der Waals surface area contributed by atoms with Crippen LogP contribution in [0, 0.1) is 0 Å². The van der Waals surface area contributed by atoms with E-state index >= 15 is 0 Å². The number of hydrogen-bond acceptors (Lipinski definition) is 4. The highest BCUT2D eigenvalue weighted by molar-refractivity contribution is 14.0. The molecule has 1 fully saturated rings. The molecule has 0 aromatic carbocycles. The third-order valence-corrected chi connectivity index (χ3v) is 4.66. The first kappa shape index (κ1) is 23.2. The molecule has 6 nitrogen and oxygen atoms in total. The molecule has 150 valence electrons. The number of piperidine rings is 1. The molecule has 2 N–H and O–H groups in total. The molecule has 1 unspecified atom stereocenters. The number of aliphatic imine (C=N–C) groups is 1. The van der Waals surface area contributed by atoms with Crippen LogP contribution in [0.1, 0.15) is 38.4 Å². The van der Waals surface area contributed by atoms with Crippen LogP contribution < -0.4 is 10.6 Å². The Balaban J connectivity index is 0.00000338. The number of rotatable bonds is 10. The van der Waals surface area contributed by atoms with E-state index in [4.69, 9.17) is 14.1 Å². The zero-order valence-corrected chi connectivity index (χ0v) is 18.5. The van der Waals surface area contributed by atoms with Gasteiger partial charge in [0.2, 0.25) is 0 Å². The molecule has 1 aromatic heterocycles. The van der Waals surface area contributed by atoms with Crippen LogP contribution in [0.4, 0.5) is 0 Å². The molecule has 0 amide bonds. The van der Waals surface area contributed by atoms with Gasteiger partial charge in [-0.15, -0.1) is 24.0 Å². The lowest BCUT2D eigenvalue weighted by molar-refractivity contribution is 0.160. The molecule has 26 heavy (non-hydrogen) atoms. The molecule has 0 bridgehead atoms. The lowest BCUT2D eigenvalue weighted by atomic mass is 10.0. The number of halogens is 1. The minimum Gasteiger partial charge on any atom is -0.469 e. The number of nitrogens with one attached hydrogen (secondary N) is 2. The van der Waals surface area contributed by atoms with E-state index in [-0.39, 0.29) is 24.0 Å². The van der Waals surface area contributed by atoms with Gasteiger partial charge in [-0.2, -0.15) is 0 Å². The van der Waals surface area contributed by atoms with Crippen LogP contribution in [-0.2, 0) is 11.2 Å². The van der Waals surface area contributed by atoms with Gasteiger partial charge in [0.05, 0.1) is 12.9 Å². The van der Waals surface area contributed by atoms with E-state index in [0.717, 1.165) is 56.8 Å². The van der Waals surface area contributed by atoms with E-state index in [9.17, 15) is 0 Å². The van der Waals surface area contributed by atoms with Gasteiger partial charge in [0, 0.05) is 45.8 Å². The summed E-state index contributed by atoms with van der Waals surface area (Å²) in [6, 6.07) is 4.64. The third-order valence-electron chi connectivity index (χ3n) is 4.66. The summed E-state index contributed by atoms with van der Waals surface area (Å²) < 4.78 is 10.5. The Morgan fingerprint density at radius 2 is 2.19 bits per heavy atom. The molecule has 1 aliphatic rings. The van der Waals surface area contributed by atoms with E-state index in [0.29, 0.717) is 6.61 Å². The number of hydrogen-bond donors (Lipinski definition) is 2. The zero-order chi connectivity index (χ0) is 17.7. The van der Waals surface area contributed by atoms with Gasteiger partial charge in [-0.05, 0) is 44.9 Å². The Morgan fingerprint density at radius 3 is 2.92 bits per heavy atom. The van der Waals surface area contributed by atoms with Crippen LogP contribution in [0.5, 0.6) is 0 Å². The summed E-state index contributed by atoms with van der Waals surface area (Å²) in [7, 11) is 1.71. The maximum Gasteiger partial charge on any atom is 0.191 e. The topological polar surface area (TPSA) is 62.0 Å². The van der Waals surface area contributed by atoms with Gasteiger partial charge in [0.15, 0.2) is 5.96 Å². The monoisotopic (exact) mass is 478 g/mol. The first-order valence-corrected chi connectivity index (χ1v) is 9.57. The van der Waals surface area contributed by atoms with Crippen molar-refractivity contribution in [3.8, 4) is 0 Å². The smallest absolute Gasteiger partial charge is 0.191 e. The van der Waals surface area contributed by atoms with Crippen LogP contribution in [-0.4, -0.2) is 63.3 Å². The van der Waals surface area contributed by atoms with Gasteiger partial charge >= 0.3 is 0 Å². The third kappa shape index (κ3) is 9.23. The molecule has 0 aliphatic carbocycles. The number of furan rings is 1. The molecule has 7 heteroatoms. The van der Waals surface area contributed by atoms with Gasteiger partial charge in [0.1, 0.15) is 5.76 Å². The van der Waals surface area contributed by atoms with Crippen molar-refractivity contribution in [2.24, 2.45) is 4.99 Å². The van der Waals surface area contributed by atoms with E-state index in [2.05, 4.69) is 22.5 Å². The number of ether oxygens (including phenoxy) is 1. The first-order chi connectivity index (χ1) is 12.3. The zero-order valence-electron chi connectivity index (χ0n) is 16.2. The van der Waals surface area contributed by atoms with Gasteiger partial charge in [-0.1, -0.05) is 6.42 Å². The predicted octanol–water partition coefficient (Wildman–Crippen LogP) is 2.89. The first-order valence-electron chi connectivity index (χ1n) is 9.57. The van der Waals surface area contributed by atoms with E-state index in [1.807, 2.05) is 12.1 Å². The lowest BCUT2D eigenvalue weighted by Gasteiger charge is -2.33. The van der Waals surface area contributed by atoms with E-state index in [1.165, 1.54) is 25.8 Å². The minimum atomic E-state index is 0. The Morgan fingerprint density at radius 1 is 1.35 bits per heavy atom. The number of nitrogens with zero attached hydrogens (tertiary/aromatic N) is 2. The summed E-state index contributed by atoms with van der Waals surface area (Å²) in [5.41, 5.74) is 0. The Hall–Kier alpha value is -0.800. The second-order valence-electron chi connectivity index (χ2n) is 6.64. The standard InChI is InChI=1S/C19H34N4O2.HI/c1-17-7-3-4-13-23(17)14-6-10-20-19(22-12-16-24-2)21-11-9-18-8-5-15-25-18;/h5,8,15,17H,3-4,6-7,9-14,16H2,1-2H3,(H2,20,21,22);1H. The fraction of sp³-hybridized carbons (Fsp3) is 0.737. The second-order valence-corrected chi connectivity index (χ2v) is 6.64. The van der Waals surface area contributed by atoms with Crippen molar-refractivity contribution in [2.75, 3.05) is 46.4 Å². The van der Waals surface area contributed by atoms with E-state index in [1.54, 1.807) is 13.4 Å². The minimum absolute atomic E-state index is 0. The summed E-state index contributed by atoms with van der Waals surface area (Å²) in [5.74, 6) is 1.85. The van der Waals surface area contributed by atoms with Crippen LogP contribution in [0.15, 0.2) is 27.8 Å². The molecule has 2 rings (SSSR count).